The summed E-state index contributed by atoms with van der Waals surface area (Å²) in [5.41, 5.74) is 0. The molecular weight excluding hydrogens is 198 g/mol. The van der Waals surface area contributed by atoms with Crippen LogP contribution in [0.3, 0.4) is 0 Å². The van der Waals surface area contributed by atoms with E-state index in [1.54, 1.807) is 0 Å². The van der Waals surface area contributed by atoms with Gasteiger partial charge in [-0.05, 0) is 12.8 Å². The van der Waals surface area contributed by atoms with E-state index >= 15 is 0 Å². The number of carbonyl (C=O) groups excluding carboxylic acids is 3. The second kappa shape index (κ2) is 5.33. The predicted molar refractivity (Wildman–Crippen MR) is 53.0 cm³/mol. The highest BCUT2D eigenvalue weighted by molar-refractivity contribution is 6.01. The lowest BCUT2D eigenvalue weighted by molar-refractivity contribution is -0.134. The van der Waals surface area contributed by atoms with Gasteiger partial charge in [0, 0.05) is 13.0 Å². The molecule has 1 heterocycles. The molecule has 15 heavy (non-hydrogen) atoms. The molecular formula is C9H15N3O3. The molecule has 0 saturated carbocycles. The first-order chi connectivity index (χ1) is 7.13. The van der Waals surface area contributed by atoms with Crippen molar-refractivity contribution in [2.45, 2.75) is 32.2 Å². The van der Waals surface area contributed by atoms with E-state index in [4.69, 9.17) is 0 Å². The highest BCUT2D eigenvalue weighted by atomic mass is 16.2. The topological polar surface area (TPSA) is 87.3 Å². The van der Waals surface area contributed by atoms with E-state index < -0.39 is 11.9 Å². The van der Waals surface area contributed by atoms with Crippen LogP contribution in [0.15, 0.2) is 0 Å². The SMILES string of the molecule is CCCNC(=O)NC1CCC(=O)NC1=O. The number of hydrogen-bond acceptors (Lipinski definition) is 3. The lowest BCUT2D eigenvalue weighted by Crippen LogP contribution is -2.54. The Bertz CT molecular complexity index is 278. The largest absolute Gasteiger partial charge is 0.338 e. The van der Waals surface area contributed by atoms with Gasteiger partial charge in [0.05, 0.1) is 0 Å². The van der Waals surface area contributed by atoms with Gasteiger partial charge in [-0.2, -0.15) is 0 Å². The van der Waals surface area contributed by atoms with Gasteiger partial charge in [0.15, 0.2) is 0 Å². The quantitative estimate of drug-likeness (QED) is 0.552. The summed E-state index contributed by atoms with van der Waals surface area (Å²) in [4.78, 5) is 33.3. The number of piperidine rings is 1. The minimum absolute atomic E-state index is 0.268. The van der Waals surface area contributed by atoms with Crippen LogP contribution in [-0.4, -0.2) is 30.4 Å². The maximum Gasteiger partial charge on any atom is 0.315 e. The molecule has 4 amide bonds. The Morgan fingerprint density at radius 1 is 1.53 bits per heavy atom. The van der Waals surface area contributed by atoms with Crippen molar-refractivity contribution >= 4 is 17.8 Å². The number of urea groups is 1. The van der Waals surface area contributed by atoms with Gasteiger partial charge in [-0.1, -0.05) is 6.92 Å². The van der Waals surface area contributed by atoms with E-state index in [1.807, 2.05) is 6.92 Å². The molecule has 1 aliphatic heterocycles. The maximum atomic E-state index is 11.2. The van der Waals surface area contributed by atoms with Crippen LogP contribution >= 0.6 is 0 Å². The number of hydrogen-bond donors (Lipinski definition) is 3. The first-order valence-electron chi connectivity index (χ1n) is 5.01. The monoisotopic (exact) mass is 213 g/mol. The number of amides is 4. The van der Waals surface area contributed by atoms with E-state index in [0.717, 1.165) is 6.42 Å². The molecule has 0 radical (unpaired) electrons. The molecule has 3 N–H and O–H groups in total. The highest BCUT2D eigenvalue weighted by Gasteiger charge is 2.27. The molecule has 1 aliphatic rings. The zero-order valence-electron chi connectivity index (χ0n) is 8.63. The molecule has 6 nitrogen and oxygen atoms in total. The van der Waals surface area contributed by atoms with Gasteiger partial charge in [0.25, 0.3) is 0 Å². The average Bonchev–Trinajstić information content (AvgIpc) is 2.19. The minimum atomic E-state index is -0.598. The summed E-state index contributed by atoms with van der Waals surface area (Å²) < 4.78 is 0. The summed E-state index contributed by atoms with van der Waals surface area (Å²) in [6.45, 7) is 2.51. The summed E-state index contributed by atoms with van der Waals surface area (Å²) in [6.07, 6.45) is 1.47. The fourth-order valence-corrected chi connectivity index (χ4v) is 1.28. The fourth-order valence-electron chi connectivity index (χ4n) is 1.28. The van der Waals surface area contributed by atoms with Crippen molar-refractivity contribution in [3.63, 3.8) is 0 Å². The van der Waals surface area contributed by atoms with Crippen LogP contribution in [0.4, 0.5) is 4.79 Å². The van der Waals surface area contributed by atoms with Crippen molar-refractivity contribution in [2.75, 3.05) is 6.54 Å². The molecule has 1 atom stereocenters. The number of nitrogens with one attached hydrogen (secondary N) is 3. The summed E-state index contributed by atoms with van der Waals surface area (Å²) in [5, 5.41) is 7.28. The number of carbonyl (C=O) groups is 3. The molecule has 0 aromatic rings. The van der Waals surface area contributed by atoms with Crippen LogP contribution in [0, 0.1) is 0 Å². The van der Waals surface area contributed by atoms with Gasteiger partial charge < -0.3 is 10.6 Å². The van der Waals surface area contributed by atoms with Crippen molar-refractivity contribution < 1.29 is 14.4 Å². The van der Waals surface area contributed by atoms with Crippen molar-refractivity contribution in [3.8, 4) is 0 Å². The third kappa shape index (κ3) is 3.57. The van der Waals surface area contributed by atoms with Crippen LogP contribution in [0.5, 0.6) is 0 Å². The summed E-state index contributed by atoms with van der Waals surface area (Å²) in [6, 6.07) is -0.967. The zero-order valence-corrected chi connectivity index (χ0v) is 8.63. The van der Waals surface area contributed by atoms with Crippen LogP contribution in [-0.2, 0) is 9.59 Å². The minimum Gasteiger partial charge on any atom is -0.338 e. The molecule has 1 unspecified atom stereocenters. The molecule has 0 spiro atoms. The Labute approximate surface area is 87.8 Å². The van der Waals surface area contributed by atoms with Crippen LogP contribution in [0.25, 0.3) is 0 Å². The Kier molecular flexibility index (Phi) is 4.08. The van der Waals surface area contributed by atoms with E-state index in [1.165, 1.54) is 0 Å². The van der Waals surface area contributed by atoms with Crippen LogP contribution in [0.1, 0.15) is 26.2 Å². The third-order valence-electron chi connectivity index (χ3n) is 2.08. The van der Waals surface area contributed by atoms with Crippen molar-refractivity contribution in [1.29, 1.82) is 0 Å². The van der Waals surface area contributed by atoms with E-state index in [-0.39, 0.29) is 18.4 Å². The van der Waals surface area contributed by atoms with Crippen molar-refractivity contribution in [1.82, 2.24) is 16.0 Å². The Morgan fingerprint density at radius 3 is 2.87 bits per heavy atom. The summed E-state index contributed by atoms with van der Waals surface area (Å²) in [7, 11) is 0. The van der Waals surface area contributed by atoms with Gasteiger partial charge in [0.2, 0.25) is 11.8 Å². The molecule has 84 valence electrons. The molecule has 0 aliphatic carbocycles. The lowest BCUT2D eigenvalue weighted by Gasteiger charge is -2.21. The van der Waals surface area contributed by atoms with Crippen molar-refractivity contribution in [2.24, 2.45) is 0 Å². The van der Waals surface area contributed by atoms with Gasteiger partial charge in [0.1, 0.15) is 6.04 Å². The molecule has 0 aromatic carbocycles. The van der Waals surface area contributed by atoms with Crippen LogP contribution < -0.4 is 16.0 Å². The van der Waals surface area contributed by atoms with Gasteiger partial charge in [-0.3, -0.25) is 14.9 Å². The Morgan fingerprint density at radius 2 is 2.27 bits per heavy atom. The summed E-state index contributed by atoms with van der Waals surface area (Å²) in [5.74, 6) is -0.718. The predicted octanol–water partition coefficient (Wildman–Crippen LogP) is -0.499. The summed E-state index contributed by atoms with van der Waals surface area (Å²) >= 11 is 0. The molecule has 6 heteroatoms. The van der Waals surface area contributed by atoms with E-state index in [9.17, 15) is 14.4 Å². The number of imide groups is 1. The normalized spacial score (nSPS) is 20.7. The fraction of sp³-hybridized carbons (Fsp3) is 0.667. The van der Waals surface area contributed by atoms with Crippen molar-refractivity contribution in [3.05, 3.63) is 0 Å². The smallest absolute Gasteiger partial charge is 0.315 e. The van der Waals surface area contributed by atoms with Crippen LogP contribution in [0.2, 0.25) is 0 Å². The Balaban J connectivity index is 2.34. The first kappa shape index (κ1) is 11.5. The average molecular weight is 213 g/mol. The molecule has 1 fully saturated rings. The standard InChI is InChI=1S/C9H15N3O3/c1-2-5-10-9(15)11-6-3-4-7(13)12-8(6)14/h6H,2-5H2,1H3,(H2,10,11,15)(H,12,13,14). The van der Waals surface area contributed by atoms with Gasteiger partial charge in [-0.25, -0.2) is 4.79 Å². The molecule has 0 bridgehead atoms. The molecule has 1 rings (SSSR count). The third-order valence-corrected chi connectivity index (χ3v) is 2.08. The second-order valence-corrected chi connectivity index (χ2v) is 3.40. The lowest BCUT2D eigenvalue weighted by atomic mass is 10.1. The zero-order chi connectivity index (χ0) is 11.3. The first-order valence-corrected chi connectivity index (χ1v) is 5.01. The molecule has 1 saturated heterocycles. The van der Waals surface area contributed by atoms with Gasteiger partial charge in [-0.15, -0.1) is 0 Å². The highest BCUT2D eigenvalue weighted by Crippen LogP contribution is 2.03. The molecule has 0 aromatic heterocycles. The van der Waals surface area contributed by atoms with E-state index in [0.29, 0.717) is 13.0 Å². The Hall–Kier alpha value is -1.59. The number of rotatable bonds is 3. The van der Waals surface area contributed by atoms with Gasteiger partial charge >= 0.3 is 6.03 Å². The second-order valence-electron chi connectivity index (χ2n) is 3.40. The maximum absolute atomic E-state index is 11.2. The van der Waals surface area contributed by atoms with E-state index in [2.05, 4.69) is 16.0 Å².